The first-order valence-corrected chi connectivity index (χ1v) is 22.7. The Balaban J connectivity index is 1.01. The summed E-state index contributed by atoms with van der Waals surface area (Å²) in [5.74, 6) is 2.40. The molecule has 322 valence electrons. The second-order valence-corrected chi connectivity index (χ2v) is 19.5. The Labute approximate surface area is 383 Å². The zero-order valence-electron chi connectivity index (χ0n) is 38.5. The van der Waals surface area contributed by atoms with Gasteiger partial charge in [-0.3, -0.25) is 4.57 Å². The van der Waals surface area contributed by atoms with E-state index in [9.17, 15) is 0 Å². The van der Waals surface area contributed by atoms with E-state index in [-0.39, 0.29) is 16.2 Å². The van der Waals surface area contributed by atoms with Crippen molar-refractivity contribution in [3.05, 3.63) is 234 Å². The number of nitrogens with zero attached hydrogens (tertiary/aromatic N) is 4. The molecule has 5 heteroatoms. The topological polar surface area (TPSA) is 33.5 Å². The summed E-state index contributed by atoms with van der Waals surface area (Å²) in [6, 6.07) is 67.2. The zero-order chi connectivity index (χ0) is 44.9. The summed E-state index contributed by atoms with van der Waals surface area (Å²) in [4.78, 5) is 9.76. The van der Waals surface area contributed by atoms with E-state index in [1.54, 1.807) is 0 Å². The molecule has 0 saturated heterocycles. The van der Waals surface area contributed by atoms with Gasteiger partial charge in [-0.2, -0.15) is 0 Å². The minimum absolute atomic E-state index is 0.0359. The third-order valence-electron chi connectivity index (χ3n) is 13.5. The van der Waals surface area contributed by atoms with Crippen LogP contribution in [0.2, 0.25) is 0 Å². The number of benzene rings is 7. The molecule has 0 aliphatic carbocycles. The maximum atomic E-state index is 6.82. The van der Waals surface area contributed by atoms with Crippen LogP contribution in [-0.2, 0) is 16.2 Å². The van der Waals surface area contributed by atoms with Crippen molar-refractivity contribution in [1.29, 1.82) is 0 Å². The van der Waals surface area contributed by atoms with Crippen LogP contribution in [0, 0.1) is 0 Å². The standard InChI is InChI=1S/C60H56N4O/c1-58(2,3)46-34-47(60(6,7)44-24-15-10-16-25-44)36-49(35-46)62-40-56(42-20-11-8-12-21-42)63(41-62)48-26-19-27-50(38-48)65-51-30-31-53-52-28-17-18-29-54(52)64(55(53)39-51)57-37-45(32-33-61-57)59(4,5)43-22-13-9-14-23-43/h8-40H,41H2,1-7H3. The summed E-state index contributed by atoms with van der Waals surface area (Å²) in [6.45, 7) is 16.8. The fourth-order valence-electron chi connectivity index (χ4n) is 9.36. The van der Waals surface area contributed by atoms with Crippen LogP contribution < -0.4 is 14.5 Å². The lowest BCUT2D eigenvalue weighted by atomic mass is 9.75. The van der Waals surface area contributed by atoms with Gasteiger partial charge < -0.3 is 14.5 Å². The van der Waals surface area contributed by atoms with Crippen LogP contribution in [0.15, 0.2) is 200 Å². The predicted octanol–water partition coefficient (Wildman–Crippen LogP) is 15.2. The Bertz CT molecular complexity index is 3190. The normalized spacial score (nSPS) is 13.4. The van der Waals surface area contributed by atoms with E-state index in [1.165, 1.54) is 38.9 Å². The number of fused-ring (bicyclic) bond motifs is 3. The Kier molecular flexibility index (Phi) is 10.5. The molecule has 0 unspecified atom stereocenters. The lowest BCUT2D eigenvalue weighted by molar-refractivity contribution is 0.483. The van der Waals surface area contributed by atoms with Gasteiger partial charge in [-0.05, 0) is 93.4 Å². The molecule has 3 heterocycles. The highest BCUT2D eigenvalue weighted by molar-refractivity contribution is 6.09. The van der Waals surface area contributed by atoms with Crippen LogP contribution in [0.3, 0.4) is 0 Å². The molecule has 0 saturated carbocycles. The van der Waals surface area contributed by atoms with Gasteiger partial charge in [-0.25, -0.2) is 4.98 Å². The van der Waals surface area contributed by atoms with Crippen LogP contribution in [0.25, 0.3) is 33.3 Å². The van der Waals surface area contributed by atoms with Crippen LogP contribution in [0.1, 0.15) is 81.8 Å². The summed E-state index contributed by atoms with van der Waals surface area (Å²) in [7, 11) is 0. The van der Waals surface area contributed by atoms with Crippen LogP contribution >= 0.6 is 0 Å². The van der Waals surface area contributed by atoms with Gasteiger partial charge in [0.05, 0.1) is 23.4 Å². The first kappa shape index (κ1) is 41.6. The number of hydrogen-bond acceptors (Lipinski definition) is 4. The first-order valence-electron chi connectivity index (χ1n) is 22.7. The molecule has 0 bridgehead atoms. The molecule has 1 aliphatic rings. The Morgan fingerprint density at radius 3 is 1.78 bits per heavy atom. The van der Waals surface area contributed by atoms with Crippen LogP contribution in [0.5, 0.6) is 11.5 Å². The fourth-order valence-corrected chi connectivity index (χ4v) is 9.36. The lowest BCUT2D eigenvalue weighted by Crippen LogP contribution is -2.27. The minimum Gasteiger partial charge on any atom is -0.457 e. The second-order valence-electron chi connectivity index (χ2n) is 19.5. The highest BCUT2D eigenvalue weighted by Crippen LogP contribution is 2.42. The molecule has 0 N–H and O–H groups in total. The molecule has 0 radical (unpaired) electrons. The van der Waals surface area contributed by atoms with Crippen molar-refractivity contribution in [2.45, 2.75) is 64.7 Å². The number of rotatable bonds is 10. The van der Waals surface area contributed by atoms with E-state index in [0.717, 1.165) is 50.7 Å². The van der Waals surface area contributed by atoms with Gasteiger partial charge in [-0.15, -0.1) is 0 Å². The molecule has 10 rings (SSSR count). The van der Waals surface area contributed by atoms with Crippen LogP contribution in [-0.4, -0.2) is 16.2 Å². The molecule has 65 heavy (non-hydrogen) atoms. The molecule has 5 nitrogen and oxygen atoms in total. The third-order valence-corrected chi connectivity index (χ3v) is 13.5. The van der Waals surface area contributed by atoms with Crippen molar-refractivity contribution >= 4 is 38.9 Å². The summed E-state index contributed by atoms with van der Waals surface area (Å²) in [5, 5.41) is 2.32. The van der Waals surface area contributed by atoms with Crippen molar-refractivity contribution in [2.24, 2.45) is 0 Å². The molecule has 7 aromatic carbocycles. The number of aromatic nitrogens is 2. The molecule has 0 fully saturated rings. The number of para-hydroxylation sites is 1. The average Bonchev–Trinajstić information content (AvgIpc) is 3.92. The Morgan fingerprint density at radius 2 is 1.08 bits per heavy atom. The Morgan fingerprint density at radius 1 is 0.462 bits per heavy atom. The highest BCUT2D eigenvalue weighted by atomic mass is 16.5. The molecule has 0 spiro atoms. The third kappa shape index (κ3) is 7.86. The minimum atomic E-state index is -0.211. The summed E-state index contributed by atoms with van der Waals surface area (Å²) in [6.07, 6.45) is 4.24. The van der Waals surface area contributed by atoms with E-state index in [0.29, 0.717) is 6.67 Å². The zero-order valence-corrected chi connectivity index (χ0v) is 38.5. The average molecular weight is 849 g/mol. The van der Waals surface area contributed by atoms with Gasteiger partial charge in [0.2, 0.25) is 0 Å². The molecule has 0 amide bonds. The predicted molar refractivity (Wildman–Crippen MR) is 272 cm³/mol. The van der Waals surface area contributed by atoms with Gasteiger partial charge in [0.1, 0.15) is 17.3 Å². The number of hydrogen-bond donors (Lipinski definition) is 0. The van der Waals surface area contributed by atoms with Gasteiger partial charge >= 0.3 is 0 Å². The van der Waals surface area contributed by atoms with E-state index in [4.69, 9.17) is 9.72 Å². The molecular weight excluding hydrogens is 793 g/mol. The van der Waals surface area contributed by atoms with Crippen molar-refractivity contribution in [1.82, 2.24) is 9.55 Å². The van der Waals surface area contributed by atoms with Crippen molar-refractivity contribution < 1.29 is 4.74 Å². The summed E-state index contributed by atoms with van der Waals surface area (Å²) >= 11 is 0. The smallest absolute Gasteiger partial charge is 0.137 e. The maximum Gasteiger partial charge on any atom is 0.137 e. The van der Waals surface area contributed by atoms with Crippen molar-refractivity contribution in [3.63, 3.8) is 0 Å². The van der Waals surface area contributed by atoms with Crippen LogP contribution in [0.4, 0.5) is 11.4 Å². The van der Waals surface area contributed by atoms with Crippen molar-refractivity contribution in [2.75, 3.05) is 16.5 Å². The lowest BCUT2D eigenvalue weighted by Gasteiger charge is -2.31. The molecule has 1 aliphatic heterocycles. The monoisotopic (exact) mass is 848 g/mol. The van der Waals surface area contributed by atoms with E-state index in [1.807, 2.05) is 12.3 Å². The van der Waals surface area contributed by atoms with Gasteiger partial charge in [-0.1, -0.05) is 170 Å². The largest absolute Gasteiger partial charge is 0.457 e. The maximum absolute atomic E-state index is 6.82. The van der Waals surface area contributed by atoms with E-state index >= 15 is 0 Å². The molecular formula is C60H56N4O. The number of anilines is 2. The molecule has 0 atom stereocenters. The van der Waals surface area contributed by atoms with E-state index < -0.39 is 0 Å². The second kappa shape index (κ2) is 16.3. The molecule has 9 aromatic rings. The summed E-state index contributed by atoms with van der Waals surface area (Å²) in [5.41, 5.74) is 12.6. The fraction of sp³-hybridized carbons (Fsp3) is 0.183. The summed E-state index contributed by atoms with van der Waals surface area (Å²) < 4.78 is 9.09. The SMILES string of the molecule is CC(C)(C)c1cc(N2C=C(c3ccccc3)N(c3cccc(Oc4ccc5c6ccccc6n(-c6cc(C(C)(C)c7ccccc7)ccn6)c5c4)c3)C2)cc(C(C)(C)c2ccccc2)c1. The van der Waals surface area contributed by atoms with E-state index in [2.05, 4.69) is 251 Å². The van der Waals surface area contributed by atoms with Gasteiger partial charge in [0, 0.05) is 57.5 Å². The van der Waals surface area contributed by atoms with Gasteiger partial charge in [0.25, 0.3) is 0 Å². The molecule has 2 aromatic heterocycles. The quantitative estimate of drug-likeness (QED) is 0.137. The first-order chi connectivity index (χ1) is 31.3. The van der Waals surface area contributed by atoms with Gasteiger partial charge in [0.15, 0.2) is 0 Å². The number of ether oxygens (including phenoxy) is 1. The Hall–Kier alpha value is -7.37. The van der Waals surface area contributed by atoms with Crippen molar-refractivity contribution in [3.8, 4) is 17.3 Å². The highest BCUT2D eigenvalue weighted by Gasteiger charge is 2.30. The number of pyridine rings is 1.